The van der Waals surface area contributed by atoms with Crippen LogP contribution >= 0.6 is 0 Å². The summed E-state index contributed by atoms with van der Waals surface area (Å²) in [6.45, 7) is 3.01. The van der Waals surface area contributed by atoms with E-state index in [-0.39, 0.29) is 18.7 Å². The number of aliphatic hydroxyl groups is 2. The Hall–Kier alpha value is -1.04. The highest BCUT2D eigenvalue weighted by Gasteiger charge is 2.14. The van der Waals surface area contributed by atoms with Crippen molar-refractivity contribution < 1.29 is 19.0 Å². The first-order valence-corrected chi connectivity index (χ1v) is 6.53. The third-order valence-electron chi connectivity index (χ3n) is 3.21. The molecule has 3 nitrogen and oxygen atoms in total. The van der Waals surface area contributed by atoms with Gasteiger partial charge in [-0.1, -0.05) is 19.4 Å². The first-order valence-electron chi connectivity index (χ1n) is 6.53. The second-order valence-electron chi connectivity index (χ2n) is 4.63. The van der Waals surface area contributed by atoms with Crippen molar-refractivity contribution in [3.8, 4) is 0 Å². The van der Waals surface area contributed by atoms with Crippen LogP contribution in [-0.2, 0) is 0 Å². The maximum Gasteiger partial charge on any atom is 0.131 e. The van der Waals surface area contributed by atoms with Gasteiger partial charge in [-0.25, -0.2) is 8.78 Å². The first-order chi connectivity index (χ1) is 9.08. The Morgan fingerprint density at radius 3 is 2.58 bits per heavy atom. The lowest BCUT2D eigenvalue weighted by molar-refractivity contribution is 0.166. The standard InChI is InChI=1S/C14H21F2NO2/c1-2-10(5-6-18)8-17-9-14(19)12-4-3-11(15)7-13(12)16/h3-4,7,10,14,17-19H,2,5-6,8-9H2,1H3. The molecule has 0 aromatic heterocycles. The van der Waals surface area contributed by atoms with Crippen LogP contribution in [0.2, 0.25) is 0 Å². The van der Waals surface area contributed by atoms with Gasteiger partial charge < -0.3 is 15.5 Å². The molecule has 1 aromatic rings. The molecule has 0 radical (unpaired) electrons. The van der Waals surface area contributed by atoms with Crippen molar-refractivity contribution in [3.05, 3.63) is 35.4 Å². The summed E-state index contributed by atoms with van der Waals surface area (Å²) >= 11 is 0. The number of halogens is 2. The van der Waals surface area contributed by atoms with E-state index in [1.54, 1.807) is 0 Å². The van der Waals surface area contributed by atoms with E-state index in [4.69, 9.17) is 5.11 Å². The Morgan fingerprint density at radius 2 is 2.00 bits per heavy atom. The van der Waals surface area contributed by atoms with Crippen molar-refractivity contribution in [1.29, 1.82) is 0 Å². The molecule has 2 atom stereocenters. The van der Waals surface area contributed by atoms with Crippen LogP contribution < -0.4 is 5.32 Å². The van der Waals surface area contributed by atoms with Gasteiger partial charge >= 0.3 is 0 Å². The Balaban J connectivity index is 2.44. The number of nitrogens with one attached hydrogen (secondary N) is 1. The van der Waals surface area contributed by atoms with Gasteiger partial charge in [-0.2, -0.15) is 0 Å². The Bertz CT molecular complexity index is 388. The zero-order chi connectivity index (χ0) is 14.3. The monoisotopic (exact) mass is 273 g/mol. The minimum Gasteiger partial charge on any atom is -0.396 e. The van der Waals surface area contributed by atoms with Crippen LogP contribution in [0.3, 0.4) is 0 Å². The van der Waals surface area contributed by atoms with Crippen LogP contribution in [0.1, 0.15) is 31.4 Å². The molecule has 0 aliphatic carbocycles. The topological polar surface area (TPSA) is 52.5 Å². The molecule has 0 bridgehead atoms. The van der Waals surface area contributed by atoms with Crippen LogP contribution in [0.4, 0.5) is 8.78 Å². The van der Waals surface area contributed by atoms with E-state index in [9.17, 15) is 13.9 Å². The lowest BCUT2D eigenvalue weighted by atomic mass is 10.0. The zero-order valence-electron chi connectivity index (χ0n) is 11.1. The Labute approximate surface area is 112 Å². The molecule has 0 aliphatic heterocycles. The summed E-state index contributed by atoms with van der Waals surface area (Å²) in [4.78, 5) is 0. The predicted octanol–water partition coefficient (Wildman–Crippen LogP) is 2.00. The minimum absolute atomic E-state index is 0.0871. The number of benzene rings is 1. The molecule has 0 heterocycles. The number of aliphatic hydroxyl groups excluding tert-OH is 2. The maximum absolute atomic E-state index is 13.4. The molecule has 0 saturated carbocycles. The second kappa shape index (κ2) is 8.19. The molecule has 0 aliphatic rings. The third kappa shape index (κ3) is 5.22. The van der Waals surface area contributed by atoms with Gasteiger partial charge in [-0.15, -0.1) is 0 Å². The van der Waals surface area contributed by atoms with Gasteiger partial charge in [0.2, 0.25) is 0 Å². The molecule has 0 fully saturated rings. The van der Waals surface area contributed by atoms with Crippen molar-refractivity contribution in [2.24, 2.45) is 5.92 Å². The average Bonchev–Trinajstić information content (AvgIpc) is 2.37. The Kier molecular flexibility index (Phi) is 6.91. The first kappa shape index (κ1) is 16.0. The van der Waals surface area contributed by atoms with E-state index in [2.05, 4.69) is 5.32 Å². The van der Waals surface area contributed by atoms with E-state index < -0.39 is 17.7 Å². The van der Waals surface area contributed by atoms with Gasteiger partial charge in [0.05, 0.1) is 6.10 Å². The lowest BCUT2D eigenvalue weighted by Crippen LogP contribution is -2.28. The van der Waals surface area contributed by atoms with E-state index in [0.29, 0.717) is 18.9 Å². The predicted molar refractivity (Wildman–Crippen MR) is 69.7 cm³/mol. The average molecular weight is 273 g/mol. The molecule has 108 valence electrons. The molecule has 19 heavy (non-hydrogen) atoms. The summed E-state index contributed by atoms with van der Waals surface area (Å²) in [6.07, 6.45) is 0.617. The minimum atomic E-state index is -1.01. The molecule has 2 unspecified atom stereocenters. The SMILES string of the molecule is CCC(CCO)CNCC(O)c1ccc(F)cc1F. The molecule has 3 N–H and O–H groups in total. The summed E-state index contributed by atoms with van der Waals surface area (Å²) in [5.74, 6) is -1.07. The smallest absolute Gasteiger partial charge is 0.131 e. The summed E-state index contributed by atoms with van der Waals surface area (Å²) in [6, 6.07) is 3.14. The summed E-state index contributed by atoms with van der Waals surface area (Å²) in [5.41, 5.74) is 0.0871. The molecular weight excluding hydrogens is 252 g/mol. The van der Waals surface area contributed by atoms with E-state index >= 15 is 0 Å². The molecule has 1 aromatic carbocycles. The van der Waals surface area contributed by atoms with Crippen LogP contribution in [0.15, 0.2) is 18.2 Å². The molecule has 0 saturated heterocycles. The highest BCUT2D eigenvalue weighted by atomic mass is 19.1. The number of hydrogen-bond acceptors (Lipinski definition) is 3. The van der Waals surface area contributed by atoms with Crippen LogP contribution in [-0.4, -0.2) is 29.9 Å². The summed E-state index contributed by atoms with van der Waals surface area (Å²) in [7, 11) is 0. The Morgan fingerprint density at radius 1 is 1.26 bits per heavy atom. The van der Waals surface area contributed by atoms with E-state index in [0.717, 1.165) is 18.6 Å². The highest BCUT2D eigenvalue weighted by molar-refractivity contribution is 5.21. The molecule has 5 heteroatoms. The lowest BCUT2D eigenvalue weighted by Gasteiger charge is -2.17. The van der Waals surface area contributed by atoms with Crippen molar-refractivity contribution >= 4 is 0 Å². The quantitative estimate of drug-likeness (QED) is 0.679. The fraction of sp³-hybridized carbons (Fsp3) is 0.571. The van der Waals surface area contributed by atoms with Crippen molar-refractivity contribution in [3.63, 3.8) is 0 Å². The molecular formula is C14H21F2NO2. The normalized spacial score (nSPS) is 14.4. The third-order valence-corrected chi connectivity index (χ3v) is 3.21. The maximum atomic E-state index is 13.4. The van der Waals surface area contributed by atoms with Gasteiger partial charge in [0.1, 0.15) is 11.6 Å². The van der Waals surface area contributed by atoms with Crippen molar-refractivity contribution in [2.45, 2.75) is 25.9 Å². The van der Waals surface area contributed by atoms with Crippen LogP contribution in [0, 0.1) is 17.6 Å². The number of hydrogen-bond donors (Lipinski definition) is 3. The van der Waals surface area contributed by atoms with Gasteiger partial charge in [0.15, 0.2) is 0 Å². The van der Waals surface area contributed by atoms with Crippen LogP contribution in [0.5, 0.6) is 0 Å². The molecule has 0 spiro atoms. The van der Waals surface area contributed by atoms with Gasteiger partial charge in [-0.3, -0.25) is 0 Å². The fourth-order valence-electron chi connectivity index (χ4n) is 1.94. The van der Waals surface area contributed by atoms with Gasteiger partial charge in [0, 0.05) is 24.8 Å². The fourth-order valence-corrected chi connectivity index (χ4v) is 1.94. The summed E-state index contributed by atoms with van der Waals surface area (Å²) in [5, 5.41) is 21.7. The largest absolute Gasteiger partial charge is 0.396 e. The highest BCUT2D eigenvalue weighted by Crippen LogP contribution is 2.17. The zero-order valence-corrected chi connectivity index (χ0v) is 11.1. The van der Waals surface area contributed by atoms with Gasteiger partial charge in [0.25, 0.3) is 0 Å². The van der Waals surface area contributed by atoms with Gasteiger partial charge in [-0.05, 0) is 24.9 Å². The molecule has 0 amide bonds. The van der Waals surface area contributed by atoms with E-state index in [1.807, 2.05) is 6.92 Å². The van der Waals surface area contributed by atoms with Crippen molar-refractivity contribution in [2.75, 3.05) is 19.7 Å². The van der Waals surface area contributed by atoms with E-state index in [1.165, 1.54) is 6.07 Å². The van der Waals surface area contributed by atoms with Crippen LogP contribution in [0.25, 0.3) is 0 Å². The summed E-state index contributed by atoms with van der Waals surface area (Å²) < 4.78 is 26.2. The molecule has 1 rings (SSSR count). The number of rotatable bonds is 8. The van der Waals surface area contributed by atoms with Crippen molar-refractivity contribution in [1.82, 2.24) is 5.32 Å². The second-order valence-corrected chi connectivity index (χ2v) is 4.63.